The lowest BCUT2D eigenvalue weighted by Crippen LogP contribution is -2.32. The summed E-state index contributed by atoms with van der Waals surface area (Å²) in [5, 5.41) is -0.369. The van der Waals surface area contributed by atoms with Crippen LogP contribution in [-0.2, 0) is 4.79 Å². The topological polar surface area (TPSA) is 82.1 Å². The summed E-state index contributed by atoms with van der Waals surface area (Å²) in [6.07, 6.45) is 1.61. The maximum Gasteiger partial charge on any atom is 0.343 e. The van der Waals surface area contributed by atoms with Gasteiger partial charge in [-0.05, 0) is 66.7 Å². The van der Waals surface area contributed by atoms with Gasteiger partial charge in [0.15, 0.2) is 11.5 Å². The zero-order valence-electron chi connectivity index (χ0n) is 19.2. The molecule has 7 nitrogen and oxygen atoms in total. The Morgan fingerprint density at radius 1 is 0.971 bits per heavy atom. The molecule has 0 aromatic heterocycles. The Balaban J connectivity index is 1.39. The van der Waals surface area contributed by atoms with Gasteiger partial charge in [-0.25, -0.2) is 4.79 Å². The molecule has 8 heteroatoms. The molecule has 1 aliphatic heterocycles. The summed E-state index contributed by atoms with van der Waals surface area (Å²) in [5.74, 6) is 0.580. The third-order valence-electron chi connectivity index (χ3n) is 5.17. The largest absolute Gasteiger partial charge is 0.493 e. The van der Waals surface area contributed by atoms with E-state index < -0.39 is 11.9 Å². The standard InChI is InChI=1S/C27H23NO6S/c1-18-10-12-20(13-11-18)26(30)34-21-7-5-6-19(16-21)17-24-25(29)28(27(31)35-24)14-15-33-23-9-4-3-8-22(23)32-2/h3-13,16-17H,14-15H2,1-2H3/b24-17-. The predicted molar refractivity (Wildman–Crippen MR) is 134 cm³/mol. The fourth-order valence-electron chi connectivity index (χ4n) is 3.35. The molecule has 2 amide bonds. The highest BCUT2D eigenvalue weighted by Crippen LogP contribution is 2.33. The number of para-hydroxylation sites is 2. The summed E-state index contributed by atoms with van der Waals surface area (Å²) in [4.78, 5) is 39.1. The molecule has 0 N–H and O–H groups in total. The van der Waals surface area contributed by atoms with Crippen LogP contribution in [0.15, 0.2) is 77.7 Å². The van der Waals surface area contributed by atoms with Gasteiger partial charge in [-0.1, -0.05) is 42.0 Å². The van der Waals surface area contributed by atoms with Gasteiger partial charge in [-0.3, -0.25) is 14.5 Å². The van der Waals surface area contributed by atoms with Gasteiger partial charge in [0.05, 0.1) is 24.1 Å². The molecule has 1 heterocycles. The van der Waals surface area contributed by atoms with Crippen molar-refractivity contribution in [1.29, 1.82) is 0 Å². The third kappa shape index (κ3) is 5.91. The summed E-state index contributed by atoms with van der Waals surface area (Å²) >= 11 is 0.859. The lowest BCUT2D eigenvalue weighted by Gasteiger charge is -2.14. The Morgan fingerprint density at radius 2 is 1.71 bits per heavy atom. The number of benzene rings is 3. The lowest BCUT2D eigenvalue weighted by atomic mass is 10.1. The van der Waals surface area contributed by atoms with Gasteiger partial charge < -0.3 is 14.2 Å². The van der Waals surface area contributed by atoms with Crippen LogP contribution < -0.4 is 14.2 Å². The van der Waals surface area contributed by atoms with Gasteiger partial charge in [0, 0.05) is 0 Å². The number of esters is 1. The first-order valence-electron chi connectivity index (χ1n) is 10.8. The number of aryl methyl sites for hydroxylation is 1. The summed E-state index contributed by atoms with van der Waals surface area (Å²) < 4.78 is 16.4. The number of hydrogen-bond acceptors (Lipinski definition) is 7. The van der Waals surface area contributed by atoms with Crippen molar-refractivity contribution in [2.75, 3.05) is 20.3 Å². The summed E-state index contributed by atoms with van der Waals surface area (Å²) in [7, 11) is 1.54. The number of carbonyl (C=O) groups is 3. The average Bonchev–Trinajstić information content (AvgIpc) is 3.12. The molecule has 0 spiro atoms. The van der Waals surface area contributed by atoms with Gasteiger partial charge >= 0.3 is 5.97 Å². The minimum atomic E-state index is -0.475. The summed E-state index contributed by atoms with van der Waals surface area (Å²) in [6, 6.07) is 21.0. The molecule has 1 saturated heterocycles. The summed E-state index contributed by atoms with van der Waals surface area (Å²) in [6.45, 7) is 2.18. The minimum absolute atomic E-state index is 0.105. The van der Waals surface area contributed by atoms with Gasteiger partial charge in [0.2, 0.25) is 0 Å². The third-order valence-corrected chi connectivity index (χ3v) is 6.08. The Labute approximate surface area is 207 Å². The number of ether oxygens (including phenoxy) is 3. The van der Waals surface area contributed by atoms with Crippen LogP contribution in [0.5, 0.6) is 17.2 Å². The molecule has 3 aromatic rings. The monoisotopic (exact) mass is 489 g/mol. The Hall–Kier alpha value is -4.04. The van der Waals surface area contributed by atoms with E-state index in [0.29, 0.717) is 28.4 Å². The summed E-state index contributed by atoms with van der Waals surface area (Å²) in [5.41, 5.74) is 2.12. The highest BCUT2D eigenvalue weighted by atomic mass is 32.2. The zero-order chi connectivity index (χ0) is 24.8. The van der Waals surface area contributed by atoms with Crippen molar-refractivity contribution in [1.82, 2.24) is 4.90 Å². The van der Waals surface area contributed by atoms with E-state index >= 15 is 0 Å². The Morgan fingerprint density at radius 3 is 2.46 bits per heavy atom. The van der Waals surface area contributed by atoms with Crippen molar-refractivity contribution in [3.63, 3.8) is 0 Å². The highest BCUT2D eigenvalue weighted by molar-refractivity contribution is 8.18. The second-order valence-electron chi connectivity index (χ2n) is 7.66. The van der Waals surface area contributed by atoms with Crippen LogP contribution in [0.1, 0.15) is 21.5 Å². The normalized spacial score (nSPS) is 14.3. The van der Waals surface area contributed by atoms with E-state index in [-0.39, 0.29) is 23.3 Å². The van der Waals surface area contributed by atoms with E-state index in [9.17, 15) is 14.4 Å². The van der Waals surface area contributed by atoms with Crippen LogP contribution in [0.2, 0.25) is 0 Å². The molecule has 1 aliphatic rings. The predicted octanol–water partition coefficient (Wildman–Crippen LogP) is 5.34. The van der Waals surface area contributed by atoms with Crippen LogP contribution in [0.25, 0.3) is 6.08 Å². The van der Waals surface area contributed by atoms with Crippen LogP contribution in [0.3, 0.4) is 0 Å². The molecule has 3 aromatic carbocycles. The molecular weight excluding hydrogens is 466 g/mol. The fraction of sp³-hybridized carbons (Fsp3) is 0.148. The highest BCUT2D eigenvalue weighted by Gasteiger charge is 2.34. The smallest absolute Gasteiger partial charge is 0.343 e. The van der Waals surface area contributed by atoms with Crippen molar-refractivity contribution in [2.24, 2.45) is 0 Å². The number of nitrogens with zero attached hydrogens (tertiary/aromatic N) is 1. The van der Waals surface area contributed by atoms with E-state index in [1.54, 1.807) is 61.7 Å². The molecule has 4 rings (SSSR count). The molecule has 0 aliphatic carbocycles. The Bertz CT molecular complexity index is 1280. The minimum Gasteiger partial charge on any atom is -0.493 e. The van der Waals surface area contributed by atoms with Crippen LogP contribution >= 0.6 is 11.8 Å². The van der Waals surface area contributed by atoms with Crippen LogP contribution in [0.4, 0.5) is 4.79 Å². The molecule has 0 radical (unpaired) electrons. The van der Waals surface area contributed by atoms with E-state index in [4.69, 9.17) is 14.2 Å². The number of imide groups is 1. The maximum atomic E-state index is 12.8. The number of thioether (sulfide) groups is 1. The van der Waals surface area contributed by atoms with Gasteiger partial charge in [-0.15, -0.1) is 0 Å². The fourth-order valence-corrected chi connectivity index (χ4v) is 4.22. The average molecular weight is 490 g/mol. The molecule has 178 valence electrons. The molecule has 1 fully saturated rings. The van der Waals surface area contributed by atoms with Crippen LogP contribution in [-0.4, -0.2) is 42.3 Å². The molecule has 0 bridgehead atoms. The van der Waals surface area contributed by atoms with Crippen molar-refractivity contribution in [3.05, 3.63) is 94.4 Å². The van der Waals surface area contributed by atoms with Crippen molar-refractivity contribution >= 4 is 35.0 Å². The van der Waals surface area contributed by atoms with Gasteiger partial charge in [0.25, 0.3) is 11.1 Å². The van der Waals surface area contributed by atoms with E-state index in [1.165, 1.54) is 0 Å². The number of methoxy groups -OCH3 is 1. The molecule has 0 unspecified atom stereocenters. The molecular formula is C27H23NO6S. The second-order valence-corrected chi connectivity index (χ2v) is 8.65. The van der Waals surface area contributed by atoms with E-state index in [2.05, 4.69) is 0 Å². The molecule has 35 heavy (non-hydrogen) atoms. The lowest BCUT2D eigenvalue weighted by molar-refractivity contribution is -0.123. The number of hydrogen-bond donors (Lipinski definition) is 0. The van der Waals surface area contributed by atoms with Crippen molar-refractivity contribution in [2.45, 2.75) is 6.92 Å². The van der Waals surface area contributed by atoms with Gasteiger partial charge in [-0.2, -0.15) is 0 Å². The maximum absolute atomic E-state index is 12.8. The first-order chi connectivity index (χ1) is 16.9. The Kier molecular flexibility index (Phi) is 7.52. The van der Waals surface area contributed by atoms with Crippen LogP contribution in [0, 0.1) is 6.92 Å². The molecule has 0 atom stereocenters. The quantitative estimate of drug-likeness (QED) is 0.240. The zero-order valence-corrected chi connectivity index (χ0v) is 20.0. The second kappa shape index (κ2) is 10.9. The molecule has 0 saturated carbocycles. The van der Waals surface area contributed by atoms with Crippen molar-refractivity contribution in [3.8, 4) is 17.2 Å². The first kappa shape index (κ1) is 24.1. The van der Waals surface area contributed by atoms with E-state index in [1.807, 2.05) is 31.2 Å². The first-order valence-corrected chi connectivity index (χ1v) is 11.7. The van der Waals surface area contributed by atoms with E-state index in [0.717, 1.165) is 22.2 Å². The van der Waals surface area contributed by atoms with Gasteiger partial charge in [0.1, 0.15) is 12.4 Å². The number of carbonyl (C=O) groups excluding carboxylic acids is 3. The number of amides is 2. The van der Waals surface area contributed by atoms with Crippen molar-refractivity contribution < 1.29 is 28.6 Å². The number of rotatable bonds is 8. The SMILES string of the molecule is COc1ccccc1OCCN1C(=O)S/C(=C\c2cccc(OC(=O)c3ccc(C)cc3)c2)C1=O.